The van der Waals surface area contributed by atoms with Crippen LogP contribution in [0.5, 0.6) is 0 Å². The van der Waals surface area contributed by atoms with Crippen LogP contribution >= 0.6 is 0 Å². The lowest BCUT2D eigenvalue weighted by Gasteiger charge is -2.12. The number of hydrogen-bond acceptors (Lipinski definition) is 6. The molecule has 0 aliphatic carbocycles. The maximum atomic E-state index is 12.7. The summed E-state index contributed by atoms with van der Waals surface area (Å²) in [7, 11) is -0.403. The maximum absolute atomic E-state index is 12.7. The van der Waals surface area contributed by atoms with Crippen LogP contribution < -0.4 is 21.3 Å². The summed E-state index contributed by atoms with van der Waals surface area (Å²) in [6.45, 7) is 1.21. The van der Waals surface area contributed by atoms with Crippen molar-refractivity contribution in [3.8, 4) is 0 Å². The summed E-state index contributed by atoms with van der Waals surface area (Å²) in [6.07, 6.45) is 2.44. The Kier molecular flexibility index (Phi) is 5.05. The molecule has 2 heterocycles. The third-order valence-corrected chi connectivity index (χ3v) is 4.91. The number of aryl methyl sites for hydroxylation is 3. The number of amides is 1. The second-order valence-electron chi connectivity index (χ2n) is 6.71. The number of imidazole rings is 1. The van der Waals surface area contributed by atoms with E-state index in [2.05, 4.69) is 15.0 Å². The molecule has 29 heavy (non-hydrogen) atoms. The van der Waals surface area contributed by atoms with Crippen molar-refractivity contribution < 1.29 is 13.2 Å². The van der Waals surface area contributed by atoms with E-state index in [1.165, 1.54) is 28.6 Å². The average Bonchev–Trinajstić information content (AvgIpc) is 3.00. The summed E-state index contributed by atoms with van der Waals surface area (Å²) in [5.74, 6) is -0.611. The maximum Gasteiger partial charge on any atom is 0.332 e. The molecule has 2 aromatic heterocycles. The molecule has 0 radical (unpaired) electrons. The van der Waals surface area contributed by atoms with Gasteiger partial charge in [0.05, 0.1) is 18.3 Å². The number of nitrogens with one attached hydrogen (secondary N) is 2. The molecule has 0 saturated heterocycles. The van der Waals surface area contributed by atoms with Crippen molar-refractivity contribution in [3.63, 3.8) is 0 Å². The number of carbonyl (C=O) groups is 1. The van der Waals surface area contributed by atoms with Gasteiger partial charge < -0.3 is 9.88 Å². The average molecular weight is 420 g/mol. The third-order valence-electron chi connectivity index (χ3n) is 4.32. The molecule has 11 nitrogen and oxygen atoms in total. The fraction of sp³-hybridized carbons (Fsp3) is 0.294. The number of aromatic nitrogens is 4. The van der Waals surface area contributed by atoms with Gasteiger partial charge in [-0.2, -0.15) is 0 Å². The first kappa shape index (κ1) is 20.3. The van der Waals surface area contributed by atoms with Gasteiger partial charge >= 0.3 is 5.69 Å². The van der Waals surface area contributed by atoms with Gasteiger partial charge in [-0.15, -0.1) is 0 Å². The van der Waals surface area contributed by atoms with Gasteiger partial charge in [-0.1, -0.05) is 6.07 Å². The lowest BCUT2D eigenvalue weighted by molar-refractivity contribution is -0.116. The largest absolute Gasteiger partial charge is 0.332 e. The van der Waals surface area contributed by atoms with E-state index in [9.17, 15) is 22.8 Å². The van der Waals surface area contributed by atoms with Crippen LogP contribution in [0.2, 0.25) is 0 Å². The second-order valence-corrected chi connectivity index (χ2v) is 8.46. The highest BCUT2D eigenvalue weighted by molar-refractivity contribution is 7.92. The number of benzene rings is 1. The molecule has 0 fully saturated rings. The van der Waals surface area contributed by atoms with Gasteiger partial charge in [0.15, 0.2) is 11.2 Å². The van der Waals surface area contributed by atoms with Crippen molar-refractivity contribution in [2.24, 2.45) is 14.1 Å². The predicted octanol–water partition coefficient (Wildman–Crippen LogP) is -0.248. The molecule has 12 heteroatoms. The molecule has 3 rings (SSSR count). The van der Waals surface area contributed by atoms with Crippen molar-refractivity contribution in [1.82, 2.24) is 18.7 Å². The molecule has 0 aliphatic rings. The summed E-state index contributed by atoms with van der Waals surface area (Å²) in [6, 6.07) is 4.68. The monoisotopic (exact) mass is 420 g/mol. The minimum absolute atomic E-state index is 0.204. The number of nitrogens with zero attached hydrogens (tertiary/aromatic N) is 4. The second kappa shape index (κ2) is 7.20. The number of fused-ring (bicyclic) bond motifs is 1. The molecular formula is C17H20N6O5S. The molecule has 0 saturated carbocycles. The highest BCUT2D eigenvalue weighted by Crippen LogP contribution is 2.21. The molecule has 1 aromatic carbocycles. The van der Waals surface area contributed by atoms with E-state index in [0.29, 0.717) is 16.9 Å². The molecule has 154 valence electrons. The van der Waals surface area contributed by atoms with Gasteiger partial charge in [-0.05, 0) is 24.6 Å². The molecule has 2 N–H and O–H groups in total. The van der Waals surface area contributed by atoms with E-state index < -0.39 is 33.7 Å². The fourth-order valence-electron chi connectivity index (χ4n) is 2.89. The minimum Gasteiger partial charge on any atom is -0.328 e. The van der Waals surface area contributed by atoms with E-state index >= 15 is 0 Å². The molecule has 0 aliphatic heterocycles. The molecule has 1 amide bonds. The van der Waals surface area contributed by atoms with Crippen LogP contribution in [0.4, 0.5) is 11.4 Å². The van der Waals surface area contributed by atoms with Crippen LogP contribution in [0, 0.1) is 6.92 Å². The number of carbonyl (C=O) groups excluding carboxylic acids is 1. The lowest BCUT2D eigenvalue weighted by Crippen LogP contribution is -2.42. The third kappa shape index (κ3) is 4.06. The number of sulfonamides is 1. The first-order chi connectivity index (χ1) is 13.5. The summed E-state index contributed by atoms with van der Waals surface area (Å²) in [5, 5.41) is 2.57. The highest BCUT2D eigenvalue weighted by Gasteiger charge is 2.17. The van der Waals surface area contributed by atoms with Crippen LogP contribution in [-0.4, -0.2) is 39.3 Å². The van der Waals surface area contributed by atoms with Gasteiger partial charge in [-0.25, -0.2) is 22.8 Å². The lowest BCUT2D eigenvalue weighted by atomic mass is 10.2. The molecule has 0 unspecified atom stereocenters. The highest BCUT2D eigenvalue weighted by atomic mass is 32.2. The van der Waals surface area contributed by atoms with Crippen LogP contribution in [0.15, 0.2) is 34.1 Å². The zero-order chi connectivity index (χ0) is 21.5. The topological polar surface area (TPSA) is 137 Å². The molecule has 0 bridgehead atoms. The van der Waals surface area contributed by atoms with Gasteiger partial charge in [-0.3, -0.25) is 18.9 Å². The Labute approximate surface area is 165 Å². The minimum atomic E-state index is -3.49. The Hall–Kier alpha value is -3.41. The van der Waals surface area contributed by atoms with Gasteiger partial charge in [0.1, 0.15) is 6.54 Å². The van der Waals surface area contributed by atoms with Gasteiger partial charge in [0.2, 0.25) is 15.9 Å². The van der Waals surface area contributed by atoms with Crippen LogP contribution in [0.25, 0.3) is 11.2 Å². The van der Waals surface area contributed by atoms with Crippen molar-refractivity contribution >= 4 is 38.5 Å². The standard InChI is InChI=1S/C17H20N6O5S/c1-10-5-6-11(7-12(10)20-29(4,27)28)19-13(24)8-23-16(25)14-15(18-9-21(14)2)22(3)17(23)26/h5-7,9,20H,8H2,1-4H3,(H,19,24). The van der Waals surface area contributed by atoms with E-state index in [1.54, 1.807) is 26.1 Å². The summed E-state index contributed by atoms with van der Waals surface area (Å²) < 4.78 is 28.8. The number of hydrogen-bond donors (Lipinski definition) is 2. The predicted molar refractivity (Wildman–Crippen MR) is 108 cm³/mol. The Balaban J connectivity index is 1.91. The molecule has 0 spiro atoms. The quantitative estimate of drug-likeness (QED) is 0.584. The zero-order valence-corrected chi connectivity index (χ0v) is 17.1. The van der Waals surface area contributed by atoms with Gasteiger partial charge in [0.25, 0.3) is 5.56 Å². The Morgan fingerprint density at radius 2 is 1.90 bits per heavy atom. The SMILES string of the molecule is Cc1ccc(NC(=O)Cn2c(=O)c3c(ncn3C)n(C)c2=O)cc1NS(C)(=O)=O. The normalized spacial score (nSPS) is 11.6. The Bertz CT molecular complexity index is 1350. The van der Waals surface area contributed by atoms with E-state index in [-0.39, 0.29) is 11.2 Å². The molecule has 3 aromatic rings. The summed E-state index contributed by atoms with van der Waals surface area (Å²) in [5.41, 5.74) is 0.443. The van der Waals surface area contributed by atoms with E-state index in [4.69, 9.17) is 0 Å². The zero-order valence-electron chi connectivity index (χ0n) is 16.3. The summed E-state index contributed by atoms with van der Waals surface area (Å²) in [4.78, 5) is 41.6. The van der Waals surface area contributed by atoms with Crippen molar-refractivity contribution in [2.45, 2.75) is 13.5 Å². The first-order valence-electron chi connectivity index (χ1n) is 8.47. The van der Waals surface area contributed by atoms with Gasteiger partial charge in [0, 0.05) is 19.8 Å². The smallest absolute Gasteiger partial charge is 0.328 e. The van der Waals surface area contributed by atoms with Crippen LogP contribution in [0.1, 0.15) is 5.56 Å². The first-order valence-corrected chi connectivity index (χ1v) is 10.4. The Morgan fingerprint density at radius 3 is 2.55 bits per heavy atom. The van der Waals surface area contributed by atoms with E-state index in [1.807, 2.05) is 0 Å². The fourth-order valence-corrected chi connectivity index (χ4v) is 3.51. The van der Waals surface area contributed by atoms with Crippen molar-refractivity contribution in [3.05, 3.63) is 50.9 Å². The van der Waals surface area contributed by atoms with Crippen molar-refractivity contribution in [1.29, 1.82) is 0 Å². The Morgan fingerprint density at radius 1 is 1.21 bits per heavy atom. The molecular weight excluding hydrogens is 400 g/mol. The van der Waals surface area contributed by atoms with E-state index in [0.717, 1.165) is 10.8 Å². The molecule has 0 atom stereocenters. The summed E-state index contributed by atoms with van der Waals surface area (Å²) >= 11 is 0. The number of rotatable bonds is 5. The number of anilines is 2. The van der Waals surface area contributed by atoms with Crippen molar-refractivity contribution in [2.75, 3.05) is 16.3 Å². The van der Waals surface area contributed by atoms with Crippen LogP contribution in [-0.2, 0) is 35.5 Å². The van der Waals surface area contributed by atoms with Crippen LogP contribution in [0.3, 0.4) is 0 Å².